The zero-order chi connectivity index (χ0) is 17.9. The Morgan fingerprint density at radius 2 is 1.58 bits per heavy atom. The molecule has 0 aliphatic rings. The molecule has 0 unspecified atom stereocenters. The first-order chi connectivity index (χ1) is 12.7. The number of hydrogen-bond acceptors (Lipinski definition) is 4. The van der Waals surface area contributed by atoms with E-state index in [0.29, 0.717) is 22.2 Å². The minimum Gasteiger partial charge on any atom is -0.340 e. The maximum atomic E-state index is 10.8. The summed E-state index contributed by atoms with van der Waals surface area (Å²) in [5, 5.41) is 4.92. The normalized spacial score (nSPS) is 10.7. The van der Waals surface area contributed by atoms with Gasteiger partial charge in [-0.2, -0.15) is 0 Å². The van der Waals surface area contributed by atoms with E-state index in [9.17, 15) is 4.79 Å². The van der Waals surface area contributed by atoms with Crippen molar-refractivity contribution >= 4 is 40.3 Å². The van der Waals surface area contributed by atoms with Gasteiger partial charge in [0.1, 0.15) is 12.1 Å². The van der Waals surface area contributed by atoms with Crippen LogP contribution < -0.4 is 5.32 Å². The first kappa shape index (κ1) is 16.2. The van der Waals surface area contributed by atoms with E-state index in [1.54, 1.807) is 12.1 Å². The Hall–Kier alpha value is -3.24. The summed E-state index contributed by atoms with van der Waals surface area (Å²) in [5.41, 5.74) is 3.21. The van der Waals surface area contributed by atoms with Crippen LogP contribution in [0.4, 0.5) is 11.5 Å². The SMILES string of the molecule is O=Cc1ccc(Nc2nc(-c3ccc(Cl)cc3)nc3ccccc23)cc1. The van der Waals surface area contributed by atoms with Crippen LogP contribution in [0.15, 0.2) is 72.8 Å². The van der Waals surface area contributed by atoms with Crippen LogP contribution in [0.3, 0.4) is 0 Å². The fourth-order valence-electron chi connectivity index (χ4n) is 2.68. The number of para-hydroxylation sites is 1. The fraction of sp³-hybridized carbons (Fsp3) is 0. The van der Waals surface area contributed by atoms with Crippen molar-refractivity contribution < 1.29 is 4.79 Å². The zero-order valence-electron chi connectivity index (χ0n) is 13.7. The summed E-state index contributed by atoms with van der Waals surface area (Å²) in [4.78, 5) is 20.2. The van der Waals surface area contributed by atoms with E-state index >= 15 is 0 Å². The zero-order valence-corrected chi connectivity index (χ0v) is 14.4. The number of nitrogens with zero attached hydrogens (tertiary/aromatic N) is 2. The number of nitrogens with one attached hydrogen (secondary N) is 1. The van der Waals surface area contributed by atoms with Gasteiger partial charge in [-0.25, -0.2) is 9.97 Å². The molecule has 0 saturated heterocycles. The molecule has 0 amide bonds. The van der Waals surface area contributed by atoms with Gasteiger partial charge in [0, 0.05) is 27.2 Å². The van der Waals surface area contributed by atoms with Gasteiger partial charge in [-0.15, -0.1) is 0 Å². The Labute approximate surface area is 155 Å². The lowest BCUT2D eigenvalue weighted by molar-refractivity contribution is 0.112. The molecule has 0 saturated carbocycles. The maximum absolute atomic E-state index is 10.8. The van der Waals surface area contributed by atoms with E-state index < -0.39 is 0 Å². The minimum absolute atomic E-state index is 0.618. The van der Waals surface area contributed by atoms with Crippen molar-refractivity contribution in [3.8, 4) is 11.4 Å². The number of rotatable bonds is 4. The minimum atomic E-state index is 0.618. The Morgan fingerprint density at radius 3 is 2.31 bits per heavy atom. The Balaban J connectivity index is 1.81. The van der Waals surface area contributed by atoms with Crippen molar-refractivity contribution in [2.24, 2.45) is 0 Å². The van der Waals surface area contributed by atoms with Crippen LogP contribution in [0.1, 0.15) is 10.4 Å². The molecular weight excluding hydrogens is 346 g/mol. The third-order valence-electron chi connectivity index (χ3n) is 4.02. The molecule has 0 atom stereocenters. The van der Waals surface area contributed by atoms with Gasteiger partial charge >= 0.3 is 0 Å². The predicted octanol–water partition coefficient (Wildman–Crippen LogP) is 5.51. The molecule has 0 spiro atoms. The van der Waals surface area contributed by atoms with Crippen LogP contribution in [-0.2, 0) is 0 Å². The number of hydrogen-bond donors (Lipinski definition) is 1. The third kappa shape index (κ3) is 3.27. The summed E-state index contributed by atoms with van der Waals surface area (Å²) in [6, 6.07) is 22.5. The van der Waals surface area contributed by atoms with Crippen molar-refractivity contribution in [3.05, 3.63) is 83.4 Å². The van der Waals surface area contributed by atoms with Crippen molar-refractivity contribution in [1.29, 1.82) is 0 Å². The standard InChI is InChI=1S/C21H14ClN3O/c22-16-9-7-15(8-10-16)20-24-19-4-2-1-3-18(19)21(25-20)23-17-11-5-14(13-26)6-12-17/h1-13H,(H,23,24,25). The first-order valence-electron chi connectivity index (χ1n) is 8.08. The average Bonchev–Trinajstić information content (AvgIpc) is 2.69. The summed E-state index contributed by atoms with van der Waals surface area (Å²) in [7, 11) is 0. The predicted molar refractivity (Wildman–Crippen MR) is 105 cm³/mol. The molecule has 3 aromatic carbocycles. The highest BCUT2D eigenvalue weighted by Gasteiger charge is 2.10. The Kier molecular flexibility index (Phi) is 4.33. The molecule has 4 aromatic rings. The van der Waals surface area contributed by atoms with Gasteiger partial charge in [0.2, 0.25) is 0 Å². The lowest BCUT2D eigenvalue weighted by atomic mass is 10.1. The number of benzene rings is 3. The maximum Gasteiger partial charge on any atom is 0.162 e. The van der Waals surface area contributed by atoms with Crippen LogP contribution in [0.5, 0.6) is 0 Å². The van der Waals surface area contributed by atoms with Crippen LogP contribution in [0, 0.1) is 0 Å². The number of anilines is 2. The molecule has 1 N–H and O–H groups in total. The third-order valence-corrected chi connectivity index (χ3v) is 4.27. The summed E-state index contributed by atoms with van der Waals surface area (Å²) in [6.07, 6.45) is 0.822. The molecule has 126 valence electrons. The van der Waals surface area contributed by atoms with Crippen molar-refractivity contribution in [2.45, 2.75) is 0 Å². The number of halogens is 1. The molecule has 26 heavy (non-hydrogen) atoms. The number of carbonyl (C=O) groups excluding carboxylic acids is 1. The smallest absolute Gasteiger partial charge is 0.162 e. The lowest BCUT2D eigenvalue weighted by Gasteiger charge is -2.11. The quantitative estimate of drug-likeness (QED) is 0.488. The van der Waals surface area contributed by atoms with Crippen LogP contribution >= 0.6 is 11.6 Å². The van der Waals surface area contributed by atoms with E-state index in [1.807, 2.05) is 60.7 Å². The number of aldehydes is 1. The van der Waals surface area contributed by atoms with E-state index in [2.05, 4.69) is 10.3 Å². The summed E-state index contributed by atoms with van der Waals surface area (Å²) >= 11 is 5.98. The highest BCUT2D eigenvalue weighted by atomic mass is 35.5. The average molecular weight is 360 g/mol. The molecule has 4 nitrogen and oxygen atoms in total. The van der Waals surface area contributed by atoms with Gasteiger partial charge in [-0.05, 0) is 60.7 Å². The molecule has 0 aliphatic carbocycles. The number of fused-ring (bicyclic) bond motifs is 1. The summed E-state index contributed by atoms with van der Waals surface area (Å²) in [6.45, 7) is 0. The molecule has 0 aliphatic heterocycles. The van der Waals surface area contributed by atoms with Gasteiger partial charge in [-0.1, -0.05) is 23.7 Å². The highest BCUT2D eigenvalue weighted by Crippen LogP contribution is 2.27. The second-order valence-corrected chi connectivity index (χ2v) is 6.22. The van der Waals surface area contributed by atoms with E-state index in [0.717, 1.165) is 28.4 Å². The van der Waals surface area contributed by atoms with E-state index in [-0.39, 0.29) is 0 Å². The fourth-order valence-corrected chi connectivity index (χ4v) is 2.81. The van der Waals surface area contributed by atoms with E-state index in [1.165, 1.54) is 0 Å². The van der Waals surface area contributed by atoms with Crippen LogP contribution in [0.25, 0.3) is 22.3 Å². The van der Waals surface area contributed by atoms with Gasteiger partial charge in [0.15, 0.2) is 5.82 Å². The summed E-state index contributed by atoms with van der Waals surface area (Å²) < 4.78 is 0. The molecule has 0 bridgehead atoms. The van der Waals surface area contributed by atoms with Gasteiger partial charge < -0.3 is 5.32 Å². The molecular formula is C21H14ClN3O. The van der Waals surface area contributed by atoms with E-state index in [4.69, 9.17) is 16.6 Å². The molecule has 4 rings (SSSR count). The number of aromatic nitrogens is 2. The second kappa shape index (κ2) is 6.94. The topological polar surface area (TPSA) is 54.9 Å². The summed E-state index contributed by atoms with van der Waals surface area (Å²) in [5.74, 6) is 1.33. The van der Waals surface area contributed by atoms with Crippen molar-refractivity contribution in [2.75, 3.05) is 5.32 Å². The van der Waals surface area contributed by atoms with Crippen molar-refractivity contribution in [3.63, 3.8) is 0 Å². The van der Waals surface area contributed by atoms with Gasteiger partial charge in [0.25, 0.3) is 0 Å². The van der Waals surface area contributed by atoms with Gasteiger partial charge in [-0.3, -0.25) is 4.79 Å². The van der Waals surface area contributed by atoms with Crippen molar-refractivity contribution in [1.82, 2.24) is 9.97 Å². The molecule has 0 fully saturated rings. The molecule has 1 heterocycles. The largest absolute Gasteiger partial charge is 0.340 e. The molecule has 1 aromatic heterocycles. The lowest BCUT2D eigenvalue weighted by Crippen LogP contribution is -1.99. The second-order valence-electron chi connectivity index (χ2n) is 5.78. The Morgan fingerprint density at radius 1 is 0.846 bits per heavy atom. The highest BCUT2D eigenvalue weighted by molar-refractivity contribution is 6.30. The molecule has 0 radical (unpaired) electrons. The monoisotopic (exact) mass is 359 g/mol. The number of carbonyl (C=O) groups is 1. The first-order valence-corrected chi connectivity index (χ1v) is 8.46. The molecule has 5 heteroatoms. The van der Waals surface area contributed by atoms with Gasteiger partial charge in [0.05, 0.1) is 5.52 Å². The Bertz CT molecular complexity index is 1080. The van der Waals surface area contributed by atoms with Crippen LogP contribution in [-0.4, -0.2) is 16.3 Å². The van der Waals surface area contributed by atoms with Crippen LogP contribution in [0.2, 0.25) is 5.02 Å².